The molecule has 0 aliphatic rings. The van der Waals surface area contributed by atoms with E-state index in [2.05, 4.69) is 16.4 Å². The van der Waals surface area contributed by atoms with E-state index in [0.717, 1.165) is 17.0 Å². The molecule has 0 aliphatic carbocycles. The van der Waals surface area contributed by atoms with Gasteiger partial charge in [-0.2, -0.15) is 5.26 Å². The molecule has 0 bridgehead atoms. The normalized spacial score (nSPS) is 10.1. The summed E-state index contributed by atoms with van der Waals surface area (Å²) in [6.07, 6.45) is 0. The summed E-state index contributed by atoms with van der Waals surface area (Å²) in [4.78, 5) is 4.34. The van der Waals surface area contributed by atoms with Crippen molar-refractivity contribution in [3.63, 3.8) is 0 Å². The van der Waals surface area contributed by atoms with Crippen LogP contribution in [0.2, 0.25) is 0 Å². The van der Waals surface area contributed by atoms with Gasteiger partial charge in [-0.05, 0) is 18.2 Å². The van der Waals surface area contributed by atoms with Crippen LogP contribution in [0.15, 0.2) is 18.2 Å². The van der Waals surface area contributed by atoms with Crippen LogP contribution in [0.25, 0.3) is 11.0 Å². The average molecular weight is 186 g/mol. The zero-order valence-electron chi connectivity index (χ0n) is 8.07. The number of benzene rings is 1. The van der Waals surface area contributed by atoms with Crippen molar-refractivity contribution >= 4 is 17.0 Å². The molecule has 1 aromatic heterocycles. The standard InChI is InChI=1S/C10H10N4/c1-12-10-13-8-5-7(6-11)3-4-9(8)14(10)2/h3-5H,1-2H3,(H,12,13). The maximum absolute atomic E-state index is 8.73. The average Bonchev–Trinajstić information content (AvgIpc) is 2.55. The largest absolute Gasteiger partial charge is 0.359 e. The van der Waals surface area contributed by atoms with Crippen LogP contribution in [0, 0.1) is 11.3 Å². The number of aryl methyl sites for hydroxylation is 1. The molecule has 0 atom stereocenters. The number of rotatable bonds is 1. The molecule has 0 spiro atoms. The van der Waals surface area contributed by atoms with Crippen LogP contribution in [0.5, 0.6) is 0 Å². The topological polar surface area (TPSA) is 53.6 Å². The molecule has 4 heteroatoms. The number of hydrogen-bond donors (Lipinski definition) is 1. The smallest absolute Gasteiger partial charge is 0.203 e. The quantitative estimate of drug-likeness (QED) is 0.734. The van der Waals surface area contributed by atoms with Crippen LogP contribution >= 0.6 is 0 Å². The van der Waals surface area contributed by atoms with Crippen molar-refractivity contribution in [1.29, 1.82) is 5.26 Å². The van der Waals surface area contributed by atoms with Gasteiger partial charge in [-0.3, -0.25) is 0 Å². The molecule has 4 nitrogen and oxygen atoms in total. The number of nitriles is 1. The number of aromatic nitrogens is 2. The summed E-state index contributed by atoms with van der Waals surface area (Å²) in [6.45, 7) is 0. The van der Waals surface area contributed by atoms with Crippen LogP contribution in [-0.2, 0) is 7.05 Å². The van der Waals surface area contributed by atoms with E-state index in [1.807, 2.05) is 24.7 Å². The third-order valence-electron chi connectivity index (χ3n) is 2.23. The molecular weight excluding hydrogens is 176 g/mol. The first kappa shape index (κ1) is 8.57. The fraction of sp³-hybridized carbons (Fsp3) is 0.200. The summed E-state index contributed by atoms with van der Waals surface area (Å²) in [5, 5.41) is 11.7. The summed E-state index contributed by atoms with van der Waals surface area (Å²) < 4.78 is 1.95. The summed E-state index contributed by atoms with van der Waals surface area (Å²) in [5.74, 6) is 0.801. The van der Waals surface area contributed by atoms with E-state index in [0.29, 0.717) is 5.56 Å². The molecule has 2 aromatic rings. The van der Waals surface area contributed by atoms with Crippen LogP contribution in [-0.4, -0.2) is 16.6 Å². The molecule has 0 fully saturated rings. The van der Waals surface area contributed by atoms with E-state index in [4.69, 9.17) is 5.26 Å². The summed E-state index contributed by atoms with van der Waals surface area (Å²) in [5.41, 5.74) is 2.50. The van der Waals surface area contributed by atoms with Gasteiger partial charge in [-0.1, -0.05) is 0 Å². The number of nitrogens with one attached hydrogen (secondary N) is 1. The fourth-order valence-corrected chi connectivity index (χ4v) is 1.49. The molecule has 1 N–H and O–H groups in total. The molecule has 0 saturated carbocycles. The molecule has 0 aliphatic heterocycles. The molecule has 70 valence electrons. The second-order valence-corrected chi connectivity index (χ2v) is 3.06. The number of fused-ring (bicyclic) bond motifs is 1. The van der Waals surface area contributed by atoms with Gasteiger partial charge >= 0.3 is 0 Å². The Labute approximate surface area is 81.8 Å². The Morgan fingerprint density at radius 3 is 2.93 bits per heavy atom. The van der Waals surface area contributed by atoms with Crippen molar-refractivity contribution < 1.29 is 0 Å². The summed E-state index contributed by atoms with van der Waals surface area (Å²) in [6, 6.07) is 7.58. The van der Waals surface area contributed by atoms with Gasteiger partial charge in [0.05, 0.1) is 22.7 Å². The SMILES string of the molecule is CNc1nc2cc(C#N)ccc2n1C. The Kier molecular flexibility index (Phi) is 1.86. The maximum Gasteiger partial charge on any atom is 0.203 e. The summed E-state index contributed by atoms with van der Waals surface area (Å²) >= 11 is 0. The molecule has 0 radical (unpaired) electrons. The lowest BCUT2D eigenvalue weighted by atomic mass is 10.2. The Morgan fingerprint density at radius 2 is 2.29 bits per heavy atom. The number of imidazole rings is 1. The predicted octanol–water partition coefficient (Wildman–Crippen LogP) is 1.49. The minimum atomic E-state index is 0.637. The van der Waals surface area contributed by atoms with Gasteiger partial charge < -0.3 is 9.88 Å². The lowest BCUT2D eigenvalue weighted by Gasteiger charge is -1.98. The second kappa shape index (κ2) is 3.04. The molecule has 2 rings (SSSR count). The third-order valence-corrected chi connectivity index (χ3v) is 2.23. The van der Waals surface area contributed by atoms with Crippen molar-refractivity contribution in [2.75, 3.05) is 12.4 Å². The first-order valence-electron chi connectivity index (χ1n) is 4.30. The molecule has 0 amide bonds. The predicted molar refractivity (Wildman–Crippen MR) is 55.0 cm³/mol. The zero-order valence-corrected chi connectivity index (χ0v) is 8.07. The monoisotopic (exact) mass is 186 g/mol. The second-order valence-electron chi connectivity index (χ2n) is 3.06. The molecule has 1 aromatic carbocycles. The van der Waals surface area contributed by atoms with Gasteiger partial charge in [0, 0.05) is 14.1 Å². The van der Waals surface area contributed by atoms with Gasteiger partial charge in [-0.15, -0.1) is 0 Å². The minimum absolute atomic E-state index is 0.637. The number of nitrogens with zero attached hydrogens (tertiary/aromatic N) is 3. The molecular formula is C10H10N4. The zero-order chi connectivity index (χ0) is 10.1. The van der Waals surface area contributed by atoms with Gasteiger partial charge in [0.2, 0.25) is 5.95 Å². The van der Waals surface area contributed by atoms with Crippen molar-refractivity contribution in [2.24, 2.45) is 7.05 Å². The molecule has 14 heavy (non-hydrogen) atoms. The number of anilines is 1. The van der Waals surface area contributed by atoms with Crippen molar-refractivity contribution in [1.82, 2.24) is 9.55 Å². The van der Waals surface area contributed by atoms with E-state index in [-0.39, 0.29) is 0 Å². The lowest BCUT2D eigenvalue weighted by molar-refractivity contribution is 0.952. The van der Waals surface area contributed by atoms with E-state index < -0.39 is 0 Å². The Morgan fingerprint density at radius 1 is 1.50 bits per heavy atom. The Hall–Kier alpha value is -2.02. The first-order valence-corrected chi connectivity index (χ1v) is 4.30. The van der Waals surface area contributed by atoms with Crippen LogP contribution in [0.4, 0.5) is 5.95 Å². The Balaban J connectivity index is 2.74. The van der Waals surface area contributed by atoms with E-state index >= 15 is 0 Å². The maximum atomic E-state index is 8.73. The highest BCUT2D eigenvalue weighted by atomic mass is 15.2. The number of hydrogen-bond acceptors (Lipinski definition) is 3. The fourth-order valence-electron chi connectivity index (χ4n) is 1.49. The first-order chi connectivity index (χ1) is 6.76. The van der Waals surface area contributed by atoms with Crippen molar-refractivity contribution in [2.45, 2.75) is 0 Å². The lowest BCUT2D eigenvalue weighted by Crippen LogP contribution is -1.97. The molecule has 1 heterocycles. The highest BCUT2D eigenvalue weighted by molar-refractivity contribution is 5.80. The van der Waals surface area contributed by atoms with Crippen LogP contribution in [0.1, 0.15) is 5.56 Å². The van der Waals surface area contributed by atoms with Gasteiger partial charge in [0.15, 0.2) is 0 Å². The van der Waals surface area contributed by atoms with Crippen LogP contribution < -0.4 is 5.32 Å². The van der Waals surface area contributed by atoms with Gasteiger partial charge in [0.1, 0.15) is 0 Å². The highest BCUT2D eigenvalue weighted by Crippen LogP contribution is 2.18. The highest BCUT2D eigenvalue weighted by Gasteiger charge is 2.05. The molecule has 0 saturated heterocycles. The van der Waals surface area contributed by atoms with Crippen LogP contribution in [0.3, 0.4) is 0 Å². The molecule has 0 unspecified atom stereocenters. The van der Waals surface area contributed by atoms with E-state index in [9.17, 15) is 0 Å². The van der Waals surface area contributed by atoms with Crippen molar-refractivity contribution in [3.05, 3.63) is 23.8 Å². The minimum Gasteiger partial charge on any atom is -0.359 e. The van der Waals surface area contributed by atoms with E-state index in [1.54, 1.807) is 12.1 Å². The third kappa shape index (κ3) is 1.11. The van der Waals surface area contributed by atoms with Gasteiger partial charge in [-0.25, -0.2) is 4.98 Å². The van der Waals surface area contributed by atoms with E-state index in [1.165, 1.54) is 0 Å². The summed E-state index contributed by atoms with van der Waals surface area (Å²) in [7, 11) is 3.76. The Bertz CT molecular complexity index is 519. The van der Waals surface area contributed by atoms with Crippen molar-refractivity contribution in [3.8, 4) is 6.07 Å². The van der Waals surface area contributed by atoms with Gasteiger partial charge in [0.25, 0.3) is 0 Å².